The third-order valence-electron chi connectivity index (χ3n) is 6.38. The van der Waals surface area contributed by atoms with Crippen molar-refractivity contribution in [3.63, 3.8) is 0 Å². The molecule has 8 heteroatoms. The number of nitrogens with one attached hydrogen (secondary N) is 2. The van der Waals surface area contributed by atoms with E-state index in [9.17, 15) is 4.79 Å². The Morgan fingerprint density at radius 3 is 2.82 bits per heavy atom. The van der Waals surface area contributed by atoms with Crippen LogP contribution in [0.3, 0.4) is 0 Å². The van der Waals surface area contributed by atoms with Gasteiger partial charge in [-0.1, -0.05) is 24.3 Å². The van der Waals surface area contributed by atoms with Crippen LogP contribution < -0.4 is 21.3 Å². The zero-order valence-corrected chi connectivity index (χ0v) is 19.6. The molecule has 1 atom stereocenters. The highest BCUT2D eigenvalue weighted by Crippen LogP contribution is 2.34. The molecule has 0 saturated carbocycles. The molecule has 178 valence electrons. The van der Waals surface area contributed by atoms with E-state index >= 15 is 0 Å². The van der Waals surface area contributed by atoms with Crippen LogP contribution in [-0.4, -0.2) is 49.1 Å². The van der Waals surface area contributed by atoms with Crippen LogP contribution in [0.1, 0.15) is 17.5 Å². The Labute approximate surface area is 198 Å². The van der Waals surface area contributed by atoms with E-state index in [1.54, 1.807) is 4.57 Å². The number of rotatable bonds is 6. The molecule has 0 radical (unpaired) electrons. The lowest BCUT2D eigenvalue weighted by Crippen LogP contribution is -2.29. The van der Waals surface area contributed by atoms with Gasteiger partial charge in [0.1, 0.15) is 6.61 Å². The predicted octanol–water partition coefficient (Wildman–Crippen LogP) is 3.17. The minimum atomic E-state index is -0.282. The van der Waals surface area contributed by atoms with E-state index in [0.717, 1.165) is 40.9 Å². The summed E-state index contributed by atoms with van der Waals surface area (Å²) in [5.41, 5.74) is 13.5. The molecule has 2 aromatic carbocycles. The number of hydrogen-bond acceptors (Lipinski definition) is 7. The van der Waals surface area contributed by atoms with E-state index in [1.807, 2.05) is 13.1 Å². The normalized spacial score (nSPS) is 17.4. The third kappa shape index (κ3) is 4.70. The number of benzene rings is 2. The SMILES string of the molecule is CNNc1ccc(-c2ccc3c(c2)CCn2c-3cc(OCC3CCOCCO3)nc2=O)cc1C. The molecule has 1 saturated heterocycles. The Morgan fingerprint density at radius 1 is 1.12 bits per heavy atom. The van der Waals surface area contributed by atoms with Gasteiger partial charge in [0.25, 0.3) is 0 Å². The van der Waals surface area contributed by atoms with Gasteiger partial charge in [0.15, 0.2) is 0 Å². The first-order valence-electron chi connectivity index (χ1n) is 11.7. The summed E-state index contributed by atoms with van der Waals surface area (Å²) < 4.78 is 18.8. The topological polar surface area (TPSA) is 86.6 Å². The second-order valence-electron chi connectivity index (χ2n) is 8.65. The number of aryl methyl sites for hydroxylation is 2. The maximum atomic E-state index is 12.7. The highest BCUT2D eigenvalue weighted by Gasteiger charge is 2.21. The average Bonchev–Trinajstić information content (AvgIpc) is 3.12. The standard InChI is InChI=1S/C26H30N4O4/c1-17-13-18(4-6-23(17)29-27-2)19-3-5-22-20(14-19)7-9-30-24(22)15-25(28-26(30)31)34-16-21-8-10-32-11-12-33-21/h3-6,13-15,21,27,29H,7-12,16H2,1-2H3. The smallest absolute Gasteiger partial charge is 0.351 e. The first kappa shape index (κ1) is 22.6. The molecule has 2 N–H and O–H groups in total. The van der Waals surface area contributed by atoms with E-state index in [-0.39, 0.29) is 11.8 Å². The fraction of sp³-hybridized carbons (Fsp3) is 0.385. The summed E-state index contributed by atoms with van der Waals surface area (Å²) in [5, 5.41) is 0. The number of nitrogens with zero attached hydrogens (tertiary/aromatic N) is 2. The first-order valence-corrected chi connectivity index (χ1v) is 11.7. The Morgan fingerprint density at radius 2 is 1.97 bits per heavy atom. The van der Waals surface area contributed by atoms with Crippen molar-refractivity contribution < 1.29 is 14.2 Å². The molecular formula is C26H30N4O4. The molecule has 1 fully saturated rings. The second kappa shape index (κ2) is 9.97. The quantitative estimate of drug-likeness (QED) is 0.544. The maximum absolute atomic E-state index is 12.7. The van der Waals surface area contributed by atoms with Gasteiger partial charge in [-0.15, -0.1) is 0 Å². The summed E-state index contributed by atoms with van der Waals surface area (Å²) in [4.78, 5) is 16.9. The lowest BCUT2D eigenvalue weighted by Gasteiger charge is -2.23. The third-order valence-corrected chi connectivity index (χ3v) is 6.38. The van der Waals surface area contributed by atoms with Gasteiger partial charge in [0.05, 0.1) is 30.7 Å². The van der Waals surface area contributed by atoms with Gasteiger partial charge in [0, 0.05) is 38.2 Å². The molecule has 1 aromatic heterocycles. The van der Waals surface area contributed by atoms with E-state index in [0.29, 0.717) is 38.9 Å². The minimum Gasteiger partial charge on any atom is -0.475 e. The molecule has 1 unspecified atom stereocenters. The second-order valence-corrected chi connectivity index (χ2v) is 8.65. The summed E-state index contributed by atoms with van der Waals surface area (Å²) in [6, 6.07) is 14.7. The Bertz CT molecular complexity index is 1230. The maximum Gasteiger partial charge on any atom is 0.351 e. The van der Waals surface area contributed by atoms with Crippen LogP contribution in [0.4, 0.5) is 5.69 Å². The highest BCUT2D eigenvalue weighted by atomic mass is 16.6. The molecule has 5 rings (SSSR count). The number of hydrazine groups is 1. The Balaban J connectivity index is 1.40. The molecule has 0 amide bonds. The van der Waals surface area contributed by atoms with Crippen molar-refractivity contribution in [3.8, 4) is 28.3 Å². The van der Waals surface area contributed by atoms with Crippen molar-refractivity contribution in [2.75, 3.05) is 38.9 Å². The van der Waals surface area contributed by atoms with E-state index < -0.39 is 0 Å². The van der Waals surface area contributed by atoms with Gasteiger partial charge in [-0.2, -0.15) is 4.98 Å². The monoisotopic (exact) mass is 462 g/mol. The highest BCUT2D eigenvalue weighted by molar-refractivity contribution is 5.75. The Kier molecular flexibility index (Phi) is 6.62. The van der Waals surface area contributed by atoms with Crippen LogP contribution >= 0.6 is 0 Å². The minimum absolute atomic E-state index is 0.0592. The molecule has 0 bridgehead atoms. The largest absolute Gasteiger partial charge is 0.475 e. The van der Waals surface area contributed by atoms with Crippen LogP contribution in [0.15, 0.2) is 47.3 Å². The van der Waals surface area contributed by atoms with E-state index in [4.69, 9.17) is 14.2 Å². The number of aromatic nitrogens is 2. The van der Waals surface area contributed by atoms with Crippen molar-refractivity contribution in [2.24, 2.45) is 0 Å². The van der Waals surface area contributed by atoms with Crippen LogP contribution in [0.25, 0.3) is 22.4 Å². The van der Waals surface area contributed by atoms with E-state index in [1.165, 1.54) is 11.1 Å². The van der Waals surface area contributed by atoms with Crippen molar-refractivity contribution >= 4 is 5.69 Å². The van der Waals surface area contributed by atoms with Crippen molar-refractivity contribution in [1.82, 2.24) is 15.0 Å². The molecule has 0 spiro atoms. The zero-order chi connectivity index (χ0) is 23.5. The summed E-state index contributed by atoms with van der Waals surface area (Å²) in [6.45, 7) is 4.85. The fourth-order valence-electron chi connectivity index (χ4n) is 4.56. The van der Waals surface area contributed by atoms with Gasteiger partial charge in [-0.3, -0.25) is 4.57 Å². The molecule has 3 heterocycles. The summed E-state index contributed by atoms with van der Waals surface area (Å²) >= 11 is 0. The van der Waals surface area contributed by atoms with Crippen LogP contribution in [0.5, 0.6) is 5.88 Å². The lowest BCUT2D eigenvalue weighted by molar-refractivity contribution is 0.0237. The Hall–Kier alpha value is -3.20. The number of fused-ring (bicyclic) bond motifs is 3. The van der Waals surface area contributed by atoms with Crippen molar-refractivity contribution in [2.45, 2.75) is 32.4 Å². The number of ether oxygens (including phenoxy) is 3. The molecule has 8 nitrogen and oxygen atoms in total. The first-order chi connectivity index (χ1) is 16.6. The molecular weight excluding hydrogens is 432 g/mol. The van der Waals surface area contributed by atoms with Gasteiger partial charge in [-0.25, -0.2) is 10.2 Å². The summed E-state index contributed by atoms with van der Waals surface area (Å²) in [5.74, 6) is 0.338. The van der Waals surface area contributed by atoms with Crippen LogP contribution in [-0.2, 0) is 22.4 Å². The molecule has 0 aliphatic carbocycles. The van der Waals surface area contributed by atoms with Gasteiger partial charge < -0.3 is 19.6 Å². The van der Waals surface area contributed by atoms with Crippen molar-refractivity contribution in [3.05, 3.63) is 64.1 Å². The lowest BCUT2D eigenvalue weighted by atomic mass is 9.93. The van der Waals surface area contributed by atoms with Gasteiger partial charge >= 0.3 is 5.69 Å². The average molecular weight is 463 g/mol. The predicted molar refractivity (Wildman–Crippen MR) is 131 cm³/mol. The molecule has 34 heavy (non-hydrogen) atoms. The van der Waals surface area contributed by atoms with E-state index in [2.05, 4.69) is 59.2 Å². The fourth-order valence-corrected chi connectivity index (χ4v) is 4.56. The number of hydrogen-bond donors (Lipinski definition) is 2. The number of anilines is 1. The molecule has 3 aromatic rings. The van der Waals surface area contributed by atoms with Gasteiger partial charge in [-0.05, 0) is 47.7 Å². The van der Waals surface area contributed by atoms with Crippen LogP contribution in [0.2, 0.25) is 0 Å². The van der Waals surface area contributed by atoms with Crippen LogP contribution in [0, 0.1) is 6.92 Å². The van der Waals surface area contributed by atoms with Crippen molar-refractivity contribution in [1.29, 1.82) is 0 Å². The molecule has 2 aliphatic rings. The molecule has 2 aliphatic heterocycles. The zero-order valence-electron chi connectivity index (χ0n) is 19.6. The summed E-state index contributed by atoms with van der Waals surface area (Å²) in [7, 11) is 1.85. The van der Waals surface area contributed by atoms with Gasteiger partial charge in [0.2, 0.25) is 5.88 Å². The summed E-state index contributed by atoms with van der Waals surface area (Å²) in [6.07, 6.45) is 1.49.